The van der Waals surface area contributed by atoms with Crippen molar-refractivity contribution in [3.8, 4) is 0 Å². The number of aryl methyl sites for hydroxylation is 1. The molecule has 70 valence electrons. The third-order valence-corrected chi connectivity index (χ3v) is 2.00. The van der Waals surface area contributed by atoms with Gasteiger partial charge in [-0.15, -0.1) is 0 Å². The summed E-state index contributed by atoms with van der Waals surface area (Å²) < 4.78 is 0. The third-order valence-electron chi connectivity index (χ3n) is 2.00. The maximum Gasteiger partial charge on any atom is 0.267 e. The van der Waals surface area contributed by atoms with E-state index in [4.69, 9.17) is 5.73 Å². The summed E-state index contributed by atoms with van der Waals surface area (Å²) in [5, 5.41) is 0. The van der Waals surface area contributed by atoms with Crippen LogP contribution in [0.15, 0.2) is 12.1 Å². The summed E-state index contributed by atoms with van der Waals surface area (Å²) in [7, 11) is 0. The number of carbonyl (C=O) groups is 1. The lowest BCUT2D eigenvalue weighted by Gasteiger charge is -2.08. The lowest BCUT2D eigenvalue weighted by molar-refractivity contribution is 0.0995. The monoisotopic (exact) mass is 178 g/mol. The number of rotatable bonds is 2. The molecule has 0 aliphatic rings. The molecule has 0 atom stereocenters. The molecule has 0 aliphatic carbocycles. The molecular weight excluding hydrogens is 164 g/mol. The highest BCUT2D eigenvalue weighted by molar-refractivity contribution is 5.90. The Balaban J connectivity index is 3.13. The summed E-state index contributed by atoms with van der Waals surface area (Å²) >= 11 is 0. The molecule has 0 radical (unpaired) electrons. The number of carbonyl (C=O) groups excluding carboxylic acids is 1. The largest absolute Gasteiger partial charge is 0.364 e. The van der Waals surface area contributed by atoms with Crippen molar-refractivity contribution in [2.24, 2.45) is 5.73 Å². The number of nitrogens with two attached hydrogens (primary N) is 1. The zero-order valence-corrected chi connectivity index (χ0v) is 8.16. The molecular formula is C10H14N2O. The summed E-state index contributed by atoms with van der Waals surface area (Å²) in [4.78, 5) is 14.9. The van der Waals surface area contributed by atoms with Crippen LogP contribution in [0, 0.1) is 6.92 Å². The minimum Gasteiger partial charge on any atom is -0.364 e. The van der Waals surface area contributed by atoms with Crippen LogP contribution in [0.3, 0.4) is 0 Å². The van der Waals surface area contributed by atoms with Gasteiger partial charge in [0.2, 0.25) is 0 Å². The van der Waals surface area contributed by atoms with Crippen molar-refractivity contribution in [2.45, 2.75) is 26.7 Å². The molecule has 0 unspecified atom stereocenters. The van der Waals surface area contributed by atoms with Gasteiger partial charge in [0.25, 0.3) is 5.91 Å². The van der Waals surface area contributed by atoms with E-state index in [-0.39, 0.29) is 0 Å². The molecule has 2 N–H and O–H groups in total. The molecule has 0 spiro atoms. The van der Waals surface area contributed by atoms with Crippen LogP contribution in [0.1, 0.15) is 41.5 Å². The highest BCUT2D eigenvalue weighted by atomic mass is 16.1. The maximum atomic E-state index is 10.8. The Kier molecular flexibility index (Phi) is 2.66. The minimum absolute atomic E-state index is 0.335. The van der Waals surface area contributed by atoms with E-state index in [1.165, 1.54) is 0 Å². The topological polar surface area (TPSA) is 56.0 Å². The molecule has 0 aliphatic heterocycles. The van der Waals surface area contributed by atoms with E-state index in [0.717, 1.165) is 11.3 Å². The van der Waals surface area contributed by atoms with E-state index in [2.05, 4.69) is 18.8 Å². The van der Waals surface area contributed by atoms with Gasteiger partial charge in [0.15, 0.2) is 0 Å². The van der Waals surface area contributed by atoms with Gasteiger partial charge in [-0.05, 0) is 24.5 Å². The van der Waals surface area contributed by atoms with Crippen molar-refractivity contribution in [3.63, 3.8) is 0 Å². The van der Waals surface area contributed by atoms with Gasteiger partial charge in [0.1, 0.15) is 5.69 Å². The molecule has 1 aromatic rings. The second-order valence-electron chi connectivity index (χ2n) is 3.39. The number of primary amides is 1. The number of nitrogens with zero attached hydrogens (tertiary/aromatic N) is 1. The zero-order valence-electron chi connectivity index (χ0n) is 8.16. The van der Waals surface area contributed by atoms with E-state index >= 15 is 0 Å². The van der Waals surface area contributed by atoms with E-state index in [1.807, 2.05) is 13.0 Å². The lowest BCUT2D eigenvalue weighted by Crippen LogP contribution is -2.14. The SMILES string of the molecule is Cc1nc(C(N)=O)ccc1C(C)C. The summed E-state index contributed by atoms with van der Waals surface area (Å²) in [6, 6.07) is 3.58. The van der Waals surface area contributed by atoms with E-state index in [9.17, 15) is 4.79 Å². The van der Waals surface area contributed by atoms with Gasteiger partial charge in [-0.1, -0.05) is 19.9 Å². The highest BCUT2D eigenvalue weighted by Gasteiger charge is 2.07. The first-order valence-corrected chi connectivity index (χ1v) is 4.29. The smallest absolute Gasteiger partial charge is 0.267 e. The predicted octanol–water partition coefficient (Wildman–Crippen LogP) is 1.61. The fourth-order valence-electron chi connectivity index (χ4n) is 1.32. The molecule has 1 rings (SSSR count). The Morgan fingerprint density at radius 3 is 2.46 bits per heavy atom. The number of hydrogen-bond acceptors (Lipinski definition) is 2. The first kappa shape index (κ1) is 9.71. The van der Waals surface area contributed by atoms with Gasteiger partial charge in [-0.3, -0.25) is 4.79 Å². The normalized spacial score (nSPS) is 10.5. The summed E-state index contributed by atoms with van der Waals surface area (Å²) in [5.74, 6) is -0.0483. The molecule has 0 bridgehead atoms. The molecule has 0 saturated heterocycles. The fourth-order valence-corrected chi connectivity index (χ4v) is 1.32. The second-order valence-corrected chi connectivity index (χ2v) is 3.39. The molecule has 1 amide bonds. The zero-order chi connectivity index (χ0) is 10.0. The van der Waals surface area contributed by atoms with E-state index in [0.29, 0.717) is 11.6 Å². The number of aromatic nitrogens is 1. The van der Waals surface area contributed by atoms with Gasteiger partial charge in [0.05, 0.1) is 0 Å². The lowest BCUT2D eigenvalue weighted by atomic mass is 10.0. The van der Waals surface area contributed by atoms with Crippen LogP contribution in [0.2, 0.25) is 0 Å². The number of pyridine rings is 1. The maximum absolute atomic E-state index is 10.8. The quantitative estimate of drug-likeness (QED) is 0.748. The van der Waals surface area contributed by atoms with Crippen LogP contribution >= 0.6 is 0 Å². The second kappa shape index (κ2) is 3.56. The standard InChI is InChI=1S/C10H14N2O/c1-6(2)8-4-5-9(10(11)13)12-7(8)3/h4-6H,1-3H3,(H2,11,13). The van der Waals surface area contributed by atoms with E-state index in [1.54, 1.807) is 6.07 Å². The average molecular weight is 178 g/mol. The first-order chi connectivity index (χ1) is 6.02. The Morgan fingerprint density at radius 1 is 1.46 bits per heavy atom. The average Bonchev–Trinajstić information content (AvgIpc) is 2.03. The molecule has 0 saturated carbocycles. The molecule has 1 heterocycles. The van der Waals surface area contributed by atoms with Crippen LogP contribution in [0.25, 0.3) is 0 Å². The van der Waals surface area contributed by atoms with Crippen molar-refractivity contribution in [1.82, 2.24) is 4.98 Å². The Hall–Kier alpha value is -1.38. The van der Waals surface area contributed by atoms with Crippen LogP contribution in [0.4, 0.5) is 0 Å². The number of amides is 1. The summed E-state index contributed by atoms with van der Waals surface area (Å²) in [5.41, 5.74) is 7.48. The molecule has 0 aromatic carbocycles. The molecule has 3 heteroatoms. The number of hydrogen-bond donors (Lipinski definition) is 1. The van der Waals surface area contributed by atoms with Crippen molar-refractivity contribution >= 4 is 5.91 Å². The van der Waals surface area contributed by atoms with Crippen LogP contribution in [-0.4, -0.2) is 10.9 Å². The third kappa shape index (κ3) is 2.05. The fraction of sp³-hybridized carbons (Fsp3) is 0.400. The molecule has 13 heavy (non-hydrogen) atoms. The van der Waals surface area contributed by atoms with Crippen molar-refractivity contribution in [3.05, 3.63) is 29.1 Å². The summed E-state index contributed by atoms with van der Waals surface area (Å²) in [6.45, 7) is 6.07. The molecule has 3 nitrogen and oxygen atoms in total. The summed E-state index contributed by atoms with van der Waals surface area (Å²) in [6.07, 6.45) is 0. The van der Waals surface area contributed by atoms with Gasteiger partial charge in [-0.2, -0.15) is 0 Å². The van der Waals surface area contributed by atoms with Crippen molar-refractivity contribution < 1.29 is 4.79 Å². The van der Waals surface area contributed by atoms with E-state index < -0.39 is 5.91 Å². The van der Waals surface area contributed by atoms with Gasteiger partial charge in [-0.25, -0.2) is 4.98 Å². The predicted molar refractivity (Wildman–Crippen MR) is 51.6 cm³/mol. The molecule has 1 aromatic heterocycles. The van der Waals surface area contributed by atoms with Gasteiger partial charge >= 0.3 is 0 Å². The first-order valence-electron chi connectivity index (χ1n) is 4.29. The Labute approximate surface area is 78.0 Å². The minimum atomic E-state index is -0.474. The Morgan fingerprint density at radius 2 is 2.08 bits per heavy atom. The van der Waals surface area contributed by atoms with Gasteiger partial charge < -0.3 is 5.73 Å². The Bertz CT molecular complexity index is 332. The van der Waals surface area contributed by atoms with Crippen LogP contribution in [0.5, 0.6) is 0 Å². The highest BCUT2D eigenvalue weighted by Crippen LogP contribution is 2.17. The van der Waals surface area contributed by atoms with Gasteiger partial charge in [0, 0.05) is 5.69 Å². The van der Waals surface area contributed by atoms with Crippen LogP contribution in [-0.2, 0) is 0 Å². The van der Waals surface area contributed by atoms with Crippen molar-refractivity contribution in [2.75, 3.05) is 0 Å². The molecule has 0 fully saturated rings. The van der Waals surface area contributed by atoms with Crippen molar-refractivity contribution in [1.29, 1.82) is 0 Å². The van der Waals surface area contributed by atoms with Crippen LogP contribution < -0.4 is 5.73 Å².